The van der Waals surface area contributed by atoms with Gasteiger partial charge in [-0.1, -0.05) is 20.8 Å². The summed E-state index contributed by atoms with van der Waals surface area (Å²) >= 11 is 0. The van der Waals surface area contributed by atoms with E-state index in [4.69, 9.17) is 10.7 Å². The number of rotatable bonds is 3. The molecule has 118 valence electrons. The number of imidazole rings is 1. The Morgan fingerprint density at radius 2 is 1.62 bits per heavy atom. The SMILES string of the molecule is CCn1c(C2CC2)nc(C2CCC(C(C)(C)C)CC2)c1N. The zero-order valence-corrected chi connectivity index (χ0v) is 14.2. The molecule has 2 aliphatic rings. The van der Waals surface area contributed by atoms with Crippen molar-refractivity contribution in [2.45, 2.75) is 84.6 Å². The minimum absolute atomic E-state index is 0.443. The molecule has 2 N–H and O–H groups in total. The summed E-state index contributed by atoms with van der Waals surface area (Å²) in [6.45, 7) is 10.3. The molecular formula is C18H31N3. The van der Waals surface area contributed by atoms with Gasteiger partial charge in [0.05, 0.1) is 5.69 Å². The van der Waals surface area contributed by atoms with Crippen molar-refractivity contribution in [3.8, 4) is 0 Å². The van der Waals surface area contributed by atoms with Crippen molar-refractivity contribution in [3.63, 3.8) is 0 Å². The van der Waals surface area contributed by atoms with Gasteiger partial charge in [0.15, 0.2) is 0 Å². The van der Waals surface area contributed by atoms with Crippen LogP contribution in [0.15, 0.2) is 0 Å². The molecule has 2 saturated carbocycles. The third-order valence-electron chi connectivity index (χ3n) is 5.66. The van der Waals surface area contributed by atoms with E-state index in [2.05, 4.69) is 32.3 Å². The molecule has 1 aromatic rings. The molecule has 1 aromatic heterocycles. The lowest BCUT2D eigenvalue weighted by Gasteiger charge is -2.36. The van der Waals surface area contributed by atoms with Gasteiger partial charge in [-0.2, -0.15) is 0 Å². The fourth-order valence-electron chi connectivity index (χ4n) is 4.02. The van der Waals surface area contributed by atoms with Gasteiger partial charge < -0.3 is 10.3 Å². The first-order chi connectivity index (χ1) is 9.91. The van der Waals surface area contributed by atoms with Crippen molar-refractivity contribution in [2.75, 3.05) is 5.73 Å². The summed E-state index contributed by atoms with van der Waals surface area (Å²) in [5, 5.41) is 0. The van der Waals surface area contributed by atoms with Crippen molar-refractivity contribution in [2.24, 2.45) is 11.3 Å². The van der Waals surface area contributed by atoms with Crippen LogP contribution in [0.25, 0.3) is 0 Å². The van der Waals surface area contributed by atoms with E-state index in [-0.39, 0.29) is 0 Å². The average molecular weight is 289 g/mol. The molecule has 2 aliphatic carbocycles. The standard InChI is InChI=1S/C18H31N3/c1-5-21-16(19)15(20-17(21)13-6-7-13)12-8-10-14(11-9-12)18(2,3)4/h12-14H,5-11,19H2,1-4H3. The summed E-state index contributed by atoms with van der Waals surface area (Å²) in [4.78, 5) is 4.99. The molecule has 0 aliphatic heterocycles. The van der Waals surface area contributed by atoms with E-state index in [1.165, 1.54) is 50.0 Å². The second-order valence-corrected chi connectivity index (χ2v) is 8.17. The topological polar surface area (TPSA) is 43.8 Å². The lowest BCUT2D eigenvalue weighted by atomic mass is 9.69. The van der Waals surface area contributed by atoms with Gasteiger partial charge in [-0.25, -0.2) is 4.98 Å². The molecule has 0 bridgehead atoms. The fourth-order valence-corrected chi connectivity index (χ4v) is 4.02. The predicted molar refractivity (Wildman–Crippen MR) is 88.4 cm³/mol. The first-order valence-corrected chi connectivity index (χ1v) is 8.77. The first-order valence-electron chi connectivity index (χ1n) is 8.77. The molecule has 0 atom stereocenters. The highest BCUT2D eigenvalue weighted by molar-refractivity contribution is 5.42. The van der Waals surface area contributed by atoms with E-state index in [0.29, 0.717) is 17.3 Å². The molecule has 0 aromatic carbocycles. The van der Waals surface area contributed by atoms with E-state index in [9.17, 15) is 0 Å². The molecule has 0 spiro atoms. The number of nitrogen functional groups attached to an aromatic ring is 1. The Morgan fingerprint density at radius 1 is 1.05 bits per heavy atom. The molecule has 0 unspecified atom stereocenters. The van der Waals surface area contributed by atoms with Crippen LogP contribution >= 0.6 is 0 Å². The molecule has 3 heteroatoms. The molecule has 21 heavy (non-hydrogen) atoms. The molecule has 0 amide bonds. The molecule has 1 heterocycles. The highest BCUT2D eigenvalue weighted by atomic mass is 15.1. The molecule has 0 saturated heterocycles. The van der Waals surface area contributed by atoms with E-state index < -0.39 is 0 Å². The molecular weight excluding hydrogens is 258 g/mol. The van der Waals surface area contributed by atoms with Crippen LogP contribution in [-0.4, -0.2) is 9.55 Å². The highest BCUT2D eigenvalue weighted by Crippen LogP contribution is 2.46. The van der Waals surface area contributed by atoms with Gasteiger partial charge in [0, 0.05) is 18.4 Å². The van der Waals surface area contributed by atoms with E-state index in [1.807, 2.05) is 0 Å². The number of aromatic nitrogens is 2. The van der Waals surface area contributed by atoms with Gasteiger partial charge in [-0.05, 0) is 56.8 Å². The van der Waals surface area contributed by atoms with Gasteiger partial charge in [-0.15, -0.1) is 0 Å². The highest BCUT2D eigenvalue weighted by Gasteiger charge is 2.35. The van der Waals surface area contributed by atoms with Crippen LogP contribution in [-0.2, 0) is 6.54 Å². The van der Waals surface area contributed by atoms with Crippen LogP contribution in [0.5, 0.6) is 0 Å². The Bertz CT molecular complexity index is 497. The lowest BCUT2D eigenvalue weighted by molar-refractivity contribution is 0.168. The van der Waals surface area contributed by atoms with Gasteiger partial charge in [0.25, 0.3) is 0 Å². The summed E-state index contributed by atoms with van der Waals surface area (Å²) in [7, 11) is 0. The largest absolute Gasteiger partial charge is 0.384 e. The summed E-state index contributed by atoms with van der Waals surface area (Å²) in [6, 6.07) is 0. The van der Waals surface area contributed by atoms with E-state index in [0.717, 1.165) is 18.3 Å². The van der Waals surface area contributed by atoms with Crippen molar-refractivity contribution >= 4 is 5.82 Å². The van der Waals surface area contributed by atoms with Crippen LogP contribution in [0.4, 0.5) is 5.82 Å². The van der Waals surface area contributed by atoms with Crippen LogP contribution in [0.3, 0.4) is 0 Å². The Balaban J connectivity index is 1.76. The van der Waals surface area contributed by atoms with Gasteiger partial charge >= 0.3 is 0 Å². The zero-order valence-electron chi connectivity index (χ0n) is 14.2. The molecule has 3 rings (SSSR count). The third-order valence-corrected chi connectivity index (χ3v) is 5.66. The number of hydrogen-bond donors (Lipinski definition) is 1. The number of nitrogens with zero attached hydrogens (tertiary/aromatic N) is 2. The van der Waals surface area contributed by atoms with Crippen LogP contribution < -0.4 is 5.73 Å². The maximum absolute atomic E-state index is 6.43. The quantitative estimate of drug-likeness (QED) is 0.877. The molecule has 2 fully saturated rings. The minimum Gasteiger partial charge on any atom is -0.384 e. The van der Waals surface area contributed by atoms with Gasteiger partial charge in [0.2, 0.25) is 0 Å². The summed E-state index contributed by atoms with van der Waals surface area (Å²) < 4.78 is 2.27. The monoisotopic (exact) mass is 289 g/mol. The summed E-state index contributed by atoms with van der Waals surface area (Å²) in [5.74, 6) is 4.36. The predicted octanol–water partition coefficient (Wildman–Crippen LogP) is 4.68. The third kappa shape index (κ3) is 2.84. The minimum atomic E-state index is 0.443. The molecule has 3 nitrogen and oxygen atoms in total. The van der Waals surface area contributed by atoms with Crippen LogP contribution in [0.2, 0.25) is 0 Å². The number of anilines is 1. The Morgan fingerprint density at radius 3 is 2.10 bits per heavy atom. The zero-order chi connectivity index (χ0) is 15.2. The Labute approximate surface area is 129 Å². The van der Waals surface area contributed by atoms with Crippen molar-refractivity contribution in [1.82, 2.24) is 9.55 Å². The smallest absolute Gasteiger partial charge is 0.127 e. The summed E-state index contributed by atoms with van der Waals surface area (Å²) in [6.07, 6.45) is 7.77. The maximum atomic E-state index is 6.43. The second-order valence-electron chi connectivity index (χ2n) is 8.17. The van der Waals surface area contributed by atoms with Crippen LogP contribution in [0, 0.1) is 11.3 Å². The van der Waals surface area contributed by atoms with Crippen molar-refractivity contribution in [1.29, 1.82) is 0 Å². The van der Waals surface area contributed by atoms with Gasteiger partial charge in [0.1, 0.15) is 11.6 Å². The Kier molecular flexibility index (Phi) is 3.79. The lowest BCUT2D eigenvalue weighted by Crippen LogP contribution is -2.25. The number of hydrogen-bond acceptors (Lipinski definition) is 2. The Hall–Kier alpha value is -0.990. The fraction of sp³-hybridized carbons (Fsp3) is 0.833. The first kappa shape index (κ1) is 14.9. The van der Waals surface area contributed by atoms with Crippen LogP contribution in [0.1, 0.15) is 89.6 Å². The molecule has 0 radical (unpaired) electrons. The second kappa shape index (κ2) is 5.33. The summed E-state index contributed by atoms with van der Waals surface area (Å²) in [5.41, 5.74) is 8.09. The van der Waals surface area contributed by atoms with Crippen molar-refractivity contribution < 1.29 is 0 Å². The number of nitrogens with two attached hydrogens (primary N) is 1. The van der Waals surface area contributed by atoms with E-state index >= 15 is 0 Å². The maximum Gasteiger partial charge on any atom is 0.127 e. The van der Waals surface area contributed by atoms with E-state index in [1.54, 1.807) is 0 Å². The average Bonchev–Trinajstić information content (AvgIpc) is 3.22. The van der Waals surface area contributed by atoms with Gasteiger partial charge in [-0.3, -0.25) is 0 Å². The van der Waals surface area contributed by atoms with Crippen molar-refractivity contribution in [3.05, 3.63) is 11.5 Å². The normalized spacial score (nSPS) is 27.0.